The molecule has 1 unspecified atom stereocenters. The van der Waals surface area contributed by atoms with Crippen molar-refractivity contribution in [2.45, 2.75) is 45.9 Å². The van der Waals surface area contributed by atoms with Gasteiger partial charge in [-0.2, -0.15) is 11.8 Å². The van der Waals surface area contributed by atoms with Crippen molar-refractivity contribution in [2.75, 3.05) is 37.5 Å². The molecule has 3 atom stereocenters. The summed E-state index contributed by atoms with van der Waals surface area (Å²) in [6.45, 7) is 6.51. The van der Waals surface area contributed by atoms with Crippen LogP contribution in [0.3, 0.4) is 0 Å². The molecule has 0 aliphatic rings. The van der Waals surface area contributed by atoms with Gasteiger partial charge in [0.2, 0.25) is 15.9 Å². The molecule has 0 saturated heterocycles. The zero-order valence-corrected chi connectivity index (χ0v) is 24.5. The van der Waals surface area contributed by atoms with Gasteiger partial charge in [0.1, 0.15) is 5.75 Å². The summed E-state index contributed by atoms with van der Waals surface area (Å²) in [7, 11) is -1.86. The third-order valence-electron chi connectivity index (χ3n) is 5.90. The Bertz CT molecular complexity index is 1070. The highest BCUT2D eigenvalue weighted by Crippen LogP contribution is 2.14. The Morgan fingerprint density at radius 1 is 1.05 bits per heavy atom. The lowest BCUT2D eigenvalue weighted by Crippen LogP contribution is -2.52. The van der Waals surface area contributed by atoms with Gasteiger partial charge in [-0.05, 0) is 41.4 Å². The molecule has 10 heteroatoms. The number of rotatable bonds is 18. The van der Waals surface area contributed by atoms with Gasteiger partial charge in [0.15, 0.2) is 0 Å². The topological polar surface area (TPSA) is 117 Å². The standard InChI is InChI=1S/C28H43N3O5S2/c1-5-37-19-24(17-30-38(34,35)20-21(2)3)28(33)31-26(15-22-10-7-6-8-11-22)27(32)18-29-16-23-12-9-13-25(14-23)36-4/h6-14,21,24,26-27,29-30,32H,5,15-20H2,1-4H3,(H,31,33)/t24?,26-,27-/m0/s1. The van der Waals surface area contributed by atoms with E-state index < -0.39 is 28.1 Å². The molecule has 38 heavy (non-hydrogen) atoms. The van der Waals surface area contributed by atoms with E-state index in [-0.39, 0.29) is 30.7 Å². The van der Waals surface area contributed by atoms with Gasteiger partial charge < -0.3 is 20.5 Å². The number of aliphatic hydroxyl groups excluding tert-OH is 1. The average Bonchev–Trinajstić information content (AvgIpc) is 2.88. The van der Waals surface area contributed by atoms with Crippen LogP contribution in [0.4, 0.5) is 0 Å². The molecule has 212 valence electrons. The van der Waals surface area contributed by atoms with Gasteiger partial charge in [-0.25, -0.2) is 13.1 Å². The first-order chi connectivity index (χ1) is 18.1. The van der Waals surface area contributed by atoms with Crippen LogP contribution in [0.25, 0.3) is 0 Å². The zero-order chi connectivity index (χ0) is 28.0. The molecule has 0 spiro atoms. The highest BCUT2D eigenvalue weighted by atomic mass is 32.2. The molecular weight excluding hydrogens is 522 g/mol. The third-order valence-corrected chi connectivity index (χ3v) is 8.66. The molecule has 0 aromatic heterocycles. The van der Waals surface area contributed by atoms with Gasteiger partial charge in [-0.3, -0.25) is 4.79 Å². The first kappa shape index (κ1) is 32.1. The van der Waals surface area contributed by atoms with Crippen LogP contribution in [-0.4, -0.2) is 69.0 Å². The van der Waals surface area contributed by atoms with Crippen molar-refractivity contribution < 1.29 is 23.1 Å². The van der Waals surface area contributed by atoms with E-state index in [1.807, 2.05) is 75.4 Å². The highest BCUT2D eigenvalue weighted by molar-refractivity contribution is 7.99. The summed E-state index contributed by atoms with van der Waals surface area (Å²) in [4.78, 5) is 13.4. The first-order valence-electron chi connectivity index (χ1n) is 13.0. The van der Waals surface area contributed by atoms with Crippen LogP contribution in [0.5, 0.6) is 5.75 Å². The van der Waals surface area contributed by atoms with Crippen molar-refractivity contribution in [3.63, 3.8) is 0 Å². The van der Waals surface area contributed by atoms with Crippen molar-refractivity contribution in [3.8, 4) is 5.75 Å². The molecule has 0 bridgehead atoms. The van der Waals surface area contributed by atoms with Crippen molar-refractivity contribution in [1.29, 1.82) is 0 Å². The second-order valence-corrected chi connectivity index (χ2v) is 12.9. The number of carbonyl (C=O) groups excluding carboxylic acids is 1. The molecule has 0 saturated carbocycles. The summed E-state index contributed by atoms with van der Waals surface area (Å²) in [6.07, 6.45) is -0.414. The van der Waals surface area contributed by atoms with E-state index in [0.717, 1.165) is 22.6 Å². The largest absolute Gasteiger partial charge is 0.497 e. The number of hydrogen-bond donors (Lipinski definition) is 4. The number of thioether (sulfide) groups is 1. The minimum atomic E-state index is -3.48. The van der Waals surface area contributed by atoms with E-state index in [0.29, 0.717) is 18.7 Å². The lowest BCUT2D eigenvalue weighted by Gasteiger charge is -2.27. The predicted molar refractivity (Wildman–Crippen MR) is 156 cm³/mol. The summed E-state index contributed by atoms with van der Waals surface area (Å²) in [5, 5.41) is 17.4. The van der Waals surface area contributed by atoms with Gasteiger partial charge in [-0.1, -0.05) is 63.2 Å². The first-order valence-corrected chi connectivity index (χ1v) is 15.8. The van der Waals surface area contributed by atoms with Gasteiger partial charge >= 0.3 is 0 Å². The lowest BCUT2D eigenvalue weighted by molar-refractivity contribution is -0.125. The number of carbonyl (C=O) groups is 1. The second kappa shape index (κ2) is 16.8. The SMILES string of the molecule is CCSCC(CNS(=O)(=O)CC(C)C)C(=O)N[C@@H](Cc1ccccc1)[C@@H](O)CNCc1cccc(OC)c1. The monoisotopic (exact) mass is 565 g/mol. The Labute approximate surface area is 232 Å². The minimum absolute atomic E-state index is 0.0105. The van der Waals surface area contributed by atoms with Crippen molar-refractivity contribution in [3.05, 3.63) is 65.7 Å². The quantitative estimate of drug-likeness (QED) is 0.220. The zero-order valence-electron chi connectivity index (χ0n) is 22.9. The number of nitrogens with one attached hydrogen (secondary N) is 3. The maximum atomic E-state index is 13.4. The van der Waals surface area contributed by atoms with Crippen LogP contribution >= 0.6 is 11.8 Å². The van der Waals surface area contributed by atoms with Crippen molar-refractivity contribution in [2.24, 2.45) is 11.8 Å². The van der Waals surface area contributed by atoms with Crippen LogP contribution < -0.4 is 20.1 Å². The van der Waals surface area contributed by atoms with E-state index in [1.54, 1.807) is 18.9 Å². The van der Waals surface area contributed by atoms with Gasteiger partial charge in [0, 0.05) is 25.4 Å². The molecular formula is C28H43N3O5S2. The molecule has 4 N–H and O–H groups in total. The van der Waals surface area contributed by atoms with E-state index in [9.17, 15) is 18.3 Å². The summed E-state index contributed by atoms with van der Waals surface area (Å²) >= 11 is 1.58. The van der Waals surface area contributed by atoms with Crippen LogP contribution in [-0.2, 0) is 27.8 Å². The normalized spacial score (nSPS) is 14.2. The number of methoxy groups -OCH3 is 1. The molecule has 0 fully saturated rings. The molecule has 2 rings (SSSR count). The van der Waals surface area contributed by atoms with E-state index in [2.05, 4.69) is 15.4 Å². The lowest BCUT2D eigenvalue weighted by atomic mass is 10.00. The Morgan fingerprint density at radius 2 is 1.76 bits per heavy atom. The summed E-state index contributed by atoms with van der Waals surface area (Å²) in [6, 6.07) is 16.8. The molecule has 0 heterocycles. The molecule has 2 aromatic carbocycles. The van der Waals surface area contributed by atoms with E-state index in [4.69, 9.17) is 4.74 Å². The van der Waals surface area contributed by atoms with Gasteiger partial charge in [0.05, 0.1) is 30.9 Å². The van der Waals surface area contributed by atoms with Crippen LogP contribution in [0, 0.1) is 11.8 Å². The van der Waals surface area contributed by atoms with E-state index >= 15 is 0 Å². The average molecular weight is 566 g/mol. The molecule has 2 aromatic rings. The molecule has 8 nitrogen and oxygen atoms in total. The Morgan fingerprint density at radius 3 is 2.42 bits per heavy atom. The summed E-state index contributed by atoms with van der Waals surface area (Å²) in [5.41, 5.74) is 2.01. The van der Waals surface area contributed by atoms with Crippen LogP contribution in [0.15, 0.2) is 54.6 Å². The predicted octanol–water partition coefficient (Wildman–Crippen LogP) is 2.82. The molecule has 0 aliphatic heterocycles. The Hall–Kier alpha value is -2.11. The number of amides is 1. The third kappa shape index (κ3) is 12.2. The van der Waals surface area contributed by atoms with E-state index in [1.165, 1.54) is 0 Å². The van der Waals surface area contributed by atoms with Crippen LogP contribution in [0.2, 0.25) is 0 Å². The minimum Gasteiger partial charge on any atom is -0.497 e. The second-order valence-electron chi connectivity index (χ2n) is 9.73. The number of aliphatic hydroxyl groups is 1. The van der Waals surface area contributed by atoms with Gasteiger partial charge in [0.25, 0.3) is 0 Å². The Balaban J connectivity index is 2.08. The fourth-order valence-corrected chi connectivity index (χ4v) is 6.19. The fourth-order valence-electron chi connectivity index (χ4n) is 3.95. The smallest absolute Gasteiger partial charge is 0.225 e. The number of benzene rings is 2. The van der Waals surface area contributed by atoms with Gasteiger partial charge in [-0.15, -0.1) is 0 Å². The summed E-state index contributed by atoms with van der Waals surface area (Å²) < 4.78 is 32.6. The van der Waals surface area contributed by atoms with Crippen molar-refractivity contribution >= 4 is 27.7 Å². The van der Waals surface area contributed by atoms with Crippen molar-refractivity contribution in [1.82, 2.24) is 15.4 Å². The van der Waals surface area contributed by atoms with Crippen LogP contribution in [0.1, 0.15) is 31.9 Å². The molecule has 1 amide bonds. The molecule has 0 aliphatic carbocycles. The number of hydrogen-bond acceptors (Lipinski definition) is 7. The fraction of sp³-hybridized carbons (Fsp3) is 0.536. The molecule has 0 radical (unpaired) electrons. The maximum absolute atomic E-state index is 13.4. The highest BCUT2D eigenvalue weighted by Gasteiger charge is 2.27. The number of ether oxygens (including phenoxy) is 1. The maximum Gasteiger partial charge on any atom is 0.225 e. The summed E-state index contributed by atoms with van der Waals surface area (Å²) in [5.74, 6) is 1.22. The number of sulfonamides is 1. The Kier molecular flexibility index (Phi) is 14.2.